The van der Waals surface area contributed by atoms with E-state index in [1.807, 2.05) is 59.3 Å². The lowest BCUT2D eigenvalue weighted by molar-refractivity contribution is 0.892. The normalized spacial score (nSPS) is 10.8. The zero-order chi connectivity index (χ0) is 17.2. The quantitative estimate of drug-likeness (QED) is 0.533. The summed E-state index contributed by atoms with van der Waals surface area (Å²) in [5.41, 5.74) is 13.2. The minimum Gasteiger partial charge on any atom is -0.398 e. The summed E-state index contributed by atoms with van der Waals surface area (Å²) in [6.07, 6.45) is 0. The standard InChI is InChI=1S/C22H19N3/c1-16-9-5-6-12-18(16)21-15-22(19-13-7-8-14-20(19)23)25(24-21)17-10-3-2-4-11-17/h2-15H,23H2,1H3. The molecule has 0 unspecified atom stereocenters. The van der Waals surface area contributed by atoms with Gasteiger partial charge in [0.1, 0.15) is 0 Å². The van der Waals surface area contributed by atoms with Gasteiger partial charge in [-0.05, 0) is 36.8 Å². The van der Waals surface area contributed by atoms with Crippen molar-refractivity contribution in [2.24, 2.45) is 0 Å². The molecule has 0 saturated carbocycles. The molecule has 0 aliphatic carbocycles. The van der Waals surface area contributed by atoms with Crippen molar-refractivity contribution in [3.63, 3.8) is 0 Å². The summed E-state index contributed by atoms with van der Waals surface area (Å²) in [4.78, 5) is 0. The monoisotopic (exact) mass is 325 g/mol. The molecule has 0 bridgehead atoms. The molecule has 25 heavy (non-hydrogen) atoms. The summed E-state index contributed by atoms with van der Waals surface area (Å²) < 4.78 is 1.97. The first kappa shape index (κ1) is 15.2. The predicted molar refractivity (Wildman–Crippen MR) is 104 cm³/mol. The average molecular weight is 325 g/mol. The third-order valence-electron chi connectivity index (χ3n) is 4.37. The Morgan fingerprint density at radius 1 is 0.760 bits per heavy atom. The Morgan fingerprint density at radius 3 is 2.12 bits per heavy atom. The van der Waals surface area contributed by atoms with Crippen LogP contribution in [0.3, 0.4) is 0 Å². The highest BCUT2D eigenvalue weighted by Crippen LogP contribution is 2.32. The molecule has 3 heteroatoms. The number of hydrogen-bond acceptors (Lipinski definition) is 2. The molecule has 1 heterocycles. The van der Waals surface area contributed by atoms with Crippen LogP contribution in [-0.4, -0.2) is 9.78 Å². The number of nitrogens with zero attached hydrogens (tertiary/aromatic N) is 2. The Morgan fingerprint density at radius 2 is 1.40 bits per heavy atom. The number of anilines is 1. The number of nitrogens with two attached hydrogens (primary N) is 1. The van der Waals surface area contributed by atoms with E-state index in [1.54, 1.807) is 0 Å². The van der Waals surface area contributed by atoms with Gasteiger partial charge in [-0.1, -0.05) is 60.7 Å². The zero-order valence-electron chi connectivity index (χ0n) is 14.1. The minimum atomic E-state index is 0.746. The maximum Gasteiger partial charge on any atom is 0.0936 e. The van der Waals surface area contributed by atoms with E-state index in [0.717, 1.165) is 33.9 Å². The van der Waals surface area contributed by atoms with Crippen LogP contribution in [0, 0.1) is 6.92 Å². The zero-order valence-corrected chi connectivity index (χ0v) is 14.1. The molecule has 0 amide bonds. The molecule has 1 aromatic heterocycles. The van der Waals surface area contributed by atoms with Gasteiger partial charge in [-0.25, -0.2) is 4.68 Å². The van der Waals surface area contributed by atoms with Crippen LogP contribution in [0.1, 0.15) is 5.56 Å². The van der Waals surface area contributed by atoms with E-state index in [1.165, 1.54) is 5.56 Å². The van der Waals surface area contributed by atoms with E-state index in [0.29, 0.717) is 0 Å². The fraction of sp³-hybridized carbons (Fsp3) is 0.0455. The highest BCUT2D eigenvalue weighted by molar-refractivity contribution is 5.78. The minimum absolute atomic E-state index is 0.746. The topological polar surface area (TPSA) is 43.8 Å². The Bertz CT molecular complexity index is 1020. The maximum atomic E-state index is 6.24. The van der Waals surface area contributed by atoms with Crippen LogP contribution >= 0.6 is 0 Å². The first-order chi connectivity index (χ1) is 12.2. The lowest BCUT2D eigenvalue weighted by atomic mass is 10.0. The number of aryl methyl sites for hydroxylation is 1. The molecule has 0 saturated heterocycles. The van der Waals surface area contributed by atoms with Gasteiger partial charge in [-0.3, -0.25) is 0 Å². The third-order valence-corrected chi connectivity index (χ3v) is 4.37. The molecule has 4 rings (SSSR count). The Balaban J connectivity index is 1.96. The van der Waals surface area contributed by atoms with Gasteiger partial charge in [0, 0.05) is 16.8 Å². The molecular weight excluding hydrogens is 306 g/mol. The largest absolute Gasteiger partial charge is 0.398 e. The van der Waals surface area contributed by atoms with Gasteiger partial charge in [-0.2, -0.15) is 5.10 Å². The summed E-state index contributed by atoms with van der Waals surface area (Å²) in [6.45, 7) is 2.10. The highest BCUT2D eigenvalue weighted by atomic mass is 15.3. The van der Waals surface area contributed by atoms with Crippen molar-refractivity contribution in [1.82, 2.24) is 9.78 Å². The van der Waals surface area contributed by atoms with Gasteiger partial charge in [0.15, 0.2) is 0 Å². The van der Waals surface area contributed by atoms with Gasteiger partial charge < -0.3 is 5.73 Å². The van der Waals surface area contributed by atoms with E-state index in [-0.39, 0.29) is 0 Å². The molecule has 0 atom stereocenters. The third kappa shape index (κ3) is 2.81. The van der Waals surface area contributed by atoms with Crippen LogP contribution in [0.25, 0.3) is 28.2 Å². The summed E-state index contributed by atoms with van der Waals surface area (Å²) in [5.74, 6) is 0. The second-order valence-corrected chi connectivity index (χ2v) is 6.06. The summed E-state index contributed by atoms with van der Waals surface area (Å²) in [7, 11) is 0. The first-order valence-electron chi connectivity index (χ1n) is 8.30. The fourth-order valence-electron chi connectivity index (χ4n) is 3.06. The summed E-state index contributed by atoms with van der Waals surface area (Å²) in [6, 6.07) is 28.5. The first-order valence-corrected chi connectivity index (χ1v) is 8.30. The van der Waals surface area contributed by atoms with Crippen LogP contribution in [0.5, 0.6) is 0 Å². The van der Waals surface area contributed by atoms with Crippen molar-refractivity contribution in [1.29, 1.82) is 0 Å². The number of benzene rings is 3. The molecule has 0 radical (unpaired) electrons. The number of hydrogen-bond donors (Lipinski definition) is 1. The van der Waals surface area contributed by atoms with Crippen molar-refractivity contribution in [3.8, 4) is 28.2 Å². The number of nitrogen functional groups attached to an aromatic ring is 1. The van der Waals surface area contributed by atoms with E-state index >= 15 is 0 Å². The van der Waals surface area contributed by atoms with E-state index in [4.69, 9.17) is 10.8 Å². The Labute approximate surface area is 147 Å². The SMILES string of the molecule is Cc1ccccc1-c1cc(-c2ccccc2N)n(-c2ccccc2)n1. The van der Waals surface area contributed by atoms with Crippen LogP contribution in [-0.2, 0) is 0 Å². The van der Waals surface area contributed by atoms with Crippen molar-refractivity contribution in [2.75, 3.05) is 5.73 Å². The molecule has 0 spiro atoms. The van der Waals surface area contributed by atoms with Gasteiger partial charge in [-0.15, -0.1) is 0 Å². The van der Waals surface area contributed by atoms with Gasteiger partial charge >= 0.3 is 0 Å². The van der Waals surface area contributed by atoms with Crippen molar-refractivity contribution in [3.05, 3.63) is 90.5 Å². The molecule has 0 aliphatic heterocycles. The number of rotatable bonds is 3. The molecule has 3 aromatic carbocycles. The van der Waals surface area contributed by atoms with Gasteiger partial charge in [0.2, 0.25) is 0 Å². The highest BCUT2D eigenvalue weighted by Gasteiger charge is 2.15. The molecule has 0 fully saturated rings. The van der Waals surface area contributed by atoms with E-state index in [2.05, 4.69) is 37.3 Å². The van der Waals surface area contributed by atoms with Crippen LogP contribution < -0.4 is 5.73 Å². The second-order valence-electron chi connectivity index (χ2n) is 6.06. The smallest absolute Gasteiger partial charge is 0.0936 e. The van der Waals surface area contributed by atoms with E-state index < -0.39 is 0 Å². The van der Waals surface area contributed by atoms with Crippen molar-refractivity contribution < 1.29 is 0 Å². The lowest BCUT2D eigenvalue weighted by Gasteiger charge is -2.09. The second kappa shape index (κ2) is 6.29. The molecule has 0 aliphatic rings. The molecule has 4 aromatic rings. The molecule has 3 nitrogen and oxygen atoms in total. The number of aromatic nitrogens is 2. The van der Waals surface area contributed by atoms with Crippen molar-refractivity contribution >= 4 is 5.69 Å². The fourth-order valence-corrected chi connectivity index (χ4v) is 3.06. The summed E-state index contributed by atoms with van der Waals surface area (Å²) >= 11 is 0. The van der Waals surface area contributed by atoms with Gasteiger partial charge in [0.05, 0.1) is 17.1 Å². The Hall–Kier alpha value is -3.33. The molecule has 122 valence electrons. The maximum absolute atomic E-state index is 6.24. The van der Waals surface area contributed by atoms with Gasteiger partial charge in [0.25, 0.3) is 0 Å². The van der Waals surface area contributed by atoms with Crippen LogP contribution in [0.2, 0.25) is 0 Å². The average Bonchev–Trinajstić information content (AvgIpc) is 3.08. The number of para-hydroxylation sites is 2. The van der Waals surface area contributed by atoms with Crippen molar-refractivity contribution in [2.45, 2.75) is 6.92 Å². The Kier molecular flexibility index (Phi) is 3.82. The summed E-state index contributed by atoms with van der Waals surface area (Å²) in [5, 5.41) is 4.89. The van der Waals surface area contributed by atoms with Crippen LogP contribution in [0.4, 0.5) is 5.69 Å². The molecule has 2 N–H and O–H groups in total. The van der Waals surface area contributed by atoms with Crippen LogP contribution in [0.15, 0.2) is 84.9 Å². The molecular formula is C22H19N3. The lowest BCUT2D eigenvalue weighted by Crippen LogP contribution is -2.00. The van der Waals surface area contributed by atoms with E-state index in [9.17, 15) is 0 Å². The predicted octanol–water partition coefficient (Wildman–Crippen LogP) is 5.10.